The second-order valence-electron chi connectivity index (χ2n) is 1.41. The summed E-state index contributed by atoms with van der Waals surface area (Å²) in [6.07, 6.45) is 0. The van der Waals surface area contributed by atoms with Crippen LogP contribution in [0.4, 0.5) is 0 Å². The van der Waals surface area contributed by atoms with E-state index in [0.717, 1.165) is 0 Å². The van der Waals surface area contributed by atoms with E-state index in [2.05, 4.69) is 9.47 Å². The zero-order chi connectivity index (χ0) is 7.98. The molecule has 0 rings (SSSR count). The quantitative estimate of drug-likeness (QED) is 0.447. The Kier molecular flexibility index (Phi) is 4.66. The standard InChI is InChI=1S/C5H7ClO4/c1-4(7)9-2-5(8)10-3-6/h2-3H2,1H3. The maximum absolute atomic E-state index is 10.4. The van der Waals surface area contributed by atoms with Crippen molar-refractivity contribution >= 4 is 23.5 Å². The van der Waals surface area contributed by atoms with E-state index in [0.29, 0.717) is 0 Å². The van der Waals surface area contributed by atoms with Gasteiger partial charge in [0.2, 0.25) is 0 Å². The number of carbonyl (C=O) groups excluding carboxylic acids is 2. The summed E-state index contributed by atoms with van der Waals surface area (Å²) >= 11 is 5.03. The molecular weight excluding hydrogens is 160 g/mol. The van der Waals surface area contributed by atoms with Gasteiger partial charge in [0.15, 0.2) is 12.7 Å². The molecular formula is C5H7ClO4. The van der Waals surface area contributed by atoms with Gasteiger partial charge in [-0.25, -0.2) is 4.79 Å². The highest BCUT2D eigenvalue weighted by Crippen LogP contribution is 1.84. The van der Waals surface area contributed by atoms with Gasteiger partial charge in [0.1, 0.15) is 0 Å². The molecule has 0 saturated heterocycles. The van der Waals surface area contributed by atoms with Crippen molar-refractivity contribution < 1.29 is 19.1 Å². The third-order valence-electron chi connectivity index (χ3n) is 0.609. The van der Waals surface area contributed by atoms with Crippen molar-refractivity contribution in [3.63, 3.8) is 0 Å². The average molecular weight is 167 g/mol. The van der Waals surface area contributed by atoms with Crippen LogP contribution in [-0.4, -0.2) is 24.6 Å². The Bertz CT molecular complexity index is 134. The lowest BCUT2D eigenvalue weighted by Crippen LogP contribution is -2.13. The van der Waals surface area contributed by atoms with Crippen LogP contribution in [0, 0.1) is 0 Å². The zero-order valence-electron chi connectivity index (χ0n) is 5.43. The Morgan fingerprint density at radius 2 is 2.00 bits per heavy atom. The normalized spacial score (nSPS) is 8.60. The second kappa shape index (κ2) is 5.05. The fraction of sp³-hybridized carbons (Fsp3) is 0.600. The molecule has 0 aliphatic carbocycles. The number of hydrogen-bond acceptors (Lipinski definition) is 4. The molecule has 0 atom stereocenters. The van der Waals surface area contributed by atoms with Gasteiger partial charge in [-0.1, -0.05) is 11.6 Å². The average Bonchev–Trinajstić information content (AvgIpc) is 1.85. The van der Waals surface area contributed by atoms with E-state index < -0.39 is 11.9 Å². The summed E-state index contributed by atoms with van der Waals surface area (Å²) in [5.41, 5.74) is 0. The maximum Gasteiger partial charge on any atom is 0.345 e. The van der Waals surface area contributed by atoms with Gasteiger partial charge in [0.25, 0.3) is 0 Å². The molecule has 0 aromatic heterocycles. The highest BCUT2D eigenvalue weighted by molar-refractivity contribution is 6.17. The van der Waals surface area contributed by atoms with E-state index >= 15 is 0 Å². The molecule has 0 aromatic rings. The lowest BCUT2D eigenvalue weighted by molar-refractivity contribution is -0.156. The maximum atomic E-state index is 10.4. The molecule has 0 radical (unpaired) electrons. The van der Waals surface area contributed by atoms with Crippen molar-refractivity contribution in [3.8, 4) is 0 Å². The molecule has 0 unspecified atom stereocenters. The molecule has 0 bridgehead atoms. The molecule has 0 saturated carbocycles. The second-order valence-corrected chi connectivity index (χ2v) is 1.62. The SMILES string of the molecule is CC(=O)OCC(=O)OCCl. The summed E-state index contributed by atoms with van der Waals surface area (Å²) in [6, 6.07) is -0.222. The number of carbonyl (C=O) groups is 2. The van der Waals surface area contributed by atoms with E-state index in [-0.39, 0.29) is 12.7 Å². The molecule has 5 heteroatoms. The molecule has 0 amide bonds. The smallest absolute Gasteiger partial charge is 0.345 e. The first kappa shape index (κ1) is 9.23. The molecule has 58 valence electrons. The van der Waals surface area contributed by atoms with Crippen LogP contribution < -0.4 is 0 Å². The van der Waals surface area contributed by atoms with Gasteiger partial charge in [-0.05, 0) is 0 Å². The van der Waals surface area contributed by atoms with E-state index in [9.17, 15) is 9.59 Å². The molecule has 0 N–H and O–H groups in total. The summed E-state index contributed by atoms with van der Waals surface area (Å²) in [7, 11) is 0. The largest absolute Gasteiger partial charge is 0.454 e. The molecule has 0 aromatic carbocycles. The summed E-state index contributed by atoms with van der Waals surface area (Å²) in [5.74, 6) is -1.17. The van der Waals surface area contributed by atoms with Crippen LogP contribution >= 0.6 is 11.6 Å². The predicted octanol–water partition coefficient (Wildman–Crippen LogP) is 0.289. The van der Waals surface area contributed by atoms with Crippen LogP contribution in [0.25, 0.3) is 0 Å². The van der Waals surface area contributed by atoms with E-state index in [1.54, 1.807) is 0 Å². The summed E-state index contributed by atoms with van der Waals surface area (Å²) in [5, 5.41) is 0. The zero-order valence-corrected chi connectivity index (χ0v) is 6.18. The van der Waals surface area contributed by atoms with Gasteiger partial charge < -0.3 is 9.47 Å². The summed E-state index contributed by atoms with van der Waals surface area (Å²) < 4.78 is 8.53. The number of hydrogen-bond donors (Lipinski definition) is 0. The fourth-order valence-corrected chi connectivity index (χ4v) is 0.385. The first-order valence-corrected chi connectivity index (χ1v) is 3.05. The molecule has 0 spiro atoms. The van der Waals surface area contributed by atoms with Crippen molar-refractivity contribution in [2.45, 2.75) is 6.92 Å². The molecule has 0 aliphatic heterocycles. The van der Waals surface area contributed by atoms with Crippen molar-refractivity contribution in [1.82, 2.24) is 0 Å². The number of rotatable bonds is 3. The van der Waals surface area contributed by atoms with Crippen LogP contribution in [0.3, 0.4) is 0 Å². The Labute approximate surface area is 63.1 Å². The molecule has 0 fully saturated rings. The minimum absolute atomic E-state index is 0.222. The highest BCUT2D eigenvalue weighted by atomic mass is 35.5. The van der Waals surface area contributed by atoms with Crippen molar-refractivity contribution in [1.29, 1.82) is 0 Å². The van der Waals surface area contributed by atoms with Gasteiger partial charge in [0, 0.05) is 6.92 Å². The Balaban J connectivity index is 3.30. The van der Waals surface area contributed by atoms with Gasteiger partial charge in [-0.2, -0.15) is 0 Å². The van der Waals surface area contributed by atoms with Crippen LogP contribution in [0.15, 0.2) is 0 Å². The minimum atomic E-state index is -0.648. The van der Waals surface area contributed by atoms with Gasteiger partial charge >= 0.3 is 11.9 Å². The lowest BCUT2D eigenvalue weighted by Gasteiger charge is -1.99. The van der Waals surface area contributed by atoms with E-state index in [1.807, 2.05) is 0 Å². The lowest BCUT2D eigenvalue weighted by atomic mass is 10.7. The van der Waals surface area contributed by atoms with Crippen molar-refractivity contribution in [2.24, 2.45) is 0 Å². The Morgan fingerprint density at radius 3 is 2.40 bits per heavy atom. The van der Waals surface area contributed by atoms with Crippen LogP contribution in [0.5, 0.6) is 0 Å². The molecule has 0 heterocycles. The van der Waals surface area contributed by atoms with E-state index in [1.165, 1.54) is 6.92 Å². The Morgan fingerprint density at radius 1 is 1.40 bits per heavy atom. The van der Waals surface area contributed by atoms with Gasteiger partial charge in [-0.15, -0.1) is 0 Å². The van der Waals surface area contributed by atoms with Crippen molar-refractivity contribution in [3.05, 3.63) is 0 Å². The minimum Gasteiger partial charge on any atom is -0.454 e. The molecule has 0 aliphatic rings. The number of esters is 2. The Hall–Kier alpha value is -0.770. The number of halogens is 1. The third-order valence-corrected chi connectivity index (χ3v) is 0.718. The predicted molar refractivity (Wildman–Crippen MR) is 33.4 cm³/mol. The number of ether oxygens (including phenoxy) is 2. The number of alkyl halides is 1. The molecule has 10 heavy (non-hydrogen) atoms. The van der Waals surface area contributed by atoms with Crippen molar-refractivity contribution in [2.75, 3.05) is 12.7 Å². The van der Waals surface area contributed by atoms with Crippen LogP contribution in [0.2, 0.25) is 0 Å². The first-order chi connectivity index (χ1) is 4.66. The third kappa shape index (κ3) is 5.37. The highest BCUT2D eigenvalue weighted by Gasteiger charge is 2.02. The van der Waals surface area contributed by atoms with Gasteiger partial charge in [0.05, 0.1) is 0 Å². The topological polar surface area (TPSA) is 52.6 Å². The first-order valence-electron chi connectivity index (χ1n) is 2.51. The summed E-state index contributed by atoms with van der Waals surface area (Å²) in [6.45, 7) is 0.829. The van der Waals surface area contributed by atoms with Gasteiger partial charge in [-0.3, -0.25) is 4.79 Å². The fourth-order valence-electron chi connectivity index (χ4n) is 0.263. The monoisotopic (exact) mass is 166 g/mol. The van der Waals surface area contributed by atoms with E-state index in [4.69, 9.17) is 11.6 Å². The van der Waals surface area contributed by atoms with Crippen LogP contribution in [-0.2, 0) is 19.1 Å². The summed E-state index contributed by atoms with van der Waals surface area (Å²) in [4.78, 5) is 20.5. The van der Waals surface area contributed by atoms with Crippen LogP contribution in [0.1, 0.15) is 6.92 Å². The molecule has 4 nitrogen and oxygen atoms in total.